The largest absolute Gasteiger partial charge is 0.435 e. The predicted octanol–water partition coefficient (Wildman–Crippen LogP) is 4.51. The number of nitrogens with one attached hydrogen (secondary N) is 1. The number of aromatic nitrogens is 3. The van der Waals surface area contributed by atoms with Gasteiger partial charge in [0.25, 0.3) is 0 Å². The van der Waals surface area contributed by atoms with Crippen LogP contribution in [0.5, 0.6) is 0 Å². The summed E-state index contributed by atoms with van der Waals surface area (Å²) in [6, 6.07) is 8.20. The minimum Gasteiger partial charge on any atom is -0.368 e. The molecule has 15 heteroatoms. The van der Waals surface area contributed by atoms with Crippen LogP contribution in [0.4, 0.5) is 36.6 Å². The zero-order valence-corrected chi connectivity index (χ0v) is 21.2. The number of amides is 1. The fourth-order valence-corrected chi connectivity index (χ4v) is 5.67. The van der Waals surface area contributed by atoms with Crippen LogP contribution in [0.25, 0.3) is 5.65 Å². The lowest BCUT2D eigenvalue weighted by molar-refractivity contribution is -0.166. The van der Waals surface area contributed by atoms with Crippen molar-refractivity contribution in [1.82, 2.24) is 24.4 Å². The number of nitriles is 1. The Hall–Kier alpha value is -3.93. The number of halogens is 7. The molecule has 2 aliphatic heterocycles. The van der Waals surface area contributed by atoms with Crippen LogP contribution in [0.3, 0.4) is 0 Å². The monoisotopic (exact) mass is 581 g/mol. The fourth-order valence-electron chi connectivity index (χ4n) is 5.67. The molecule has 3 fully saturated rings. The third kappa shape index (κ3) is 4.83. The van der Waals surface area contributed by atoms with Gasteiger partial charge in [-0.05, 0) is 30.5 Å². The van der Waals surface area contributed by atoms with Gasteiger partial charge in [0.15, 0.2) is 17.0 Å². The third-order valence-corrected chi connectivity index (χ3v) is 7.97. The molecule has 3 aromatic rings. The molecule has 41 heavy (non-hydrogen) atoms. The molecule has 3 aliphatic rings. The van der Waals surface area contributed by atoms with Gasteiger partial charge >= 0.3 is 12.4 Å². The summed E-state index contributed by atoms with van der Waals surface area (Å²) in [5.74, 6) is -0.991. The second-order valence-corrected chi connectivity index (χ2v) is 11.0. The lowest BCUT2D eigenvalue weighted by Crippen LogP contribution is -2.73. The number of nitrogens with zero attached hydrogens (tertiary/aromatic N) is 6. The standard InChI is InChI=1S/C26H22F7N7O/c27-16-3-1-15(2-4-16)17(38-11-23(12-38)13-39(14-23)22(41)24(10-34)5-6-24)9-35-20-7-18(25(28,29)30)36-21-8-19(26(31,32)33)37-40(20)21/h1-4,7-8,17,35H,5-6,9,11-14H2/t17-/m0/s1. The van der Waals surface area contributed by atoms with Gasteiger partial charge in [0, 0.05) is 50.3 Å². The highest BCUT2D eigenvalue weighted by Crippen LogP contribution is 2.51. The van der Waals surface area contributed by atoms with E-state index in [4.69, 9.17) is 0 Å². The molecule has 1 saturated carbocycles. The summed E-state index contributed by atoms with van der Waals surface area (Å²) >= 11 is 0. The van der Waals surface area contributed by atoms with Crippen molar-refractivity contribution < 1.29 is 35.5 Å². The number of alkyl halides is 6. The molecule has 2 aromatic heterocycles. The van der Waals surface area contributed by atoms with E-state index in [9.17, 15) is 40.8 Å². The SMILES string of the molecule is N#CC1(C(=O)N2CC3(C2)CN([C@@H](CNc2cc(C(F)(F)F)nc4cc(C(F)(F)F)nn24)c2ccc(F)cc2)C3)CC1. The second kappa shape index (κ2) is 9.04. The van der Waals surface area contributed by atoms with E-state index in [-0.39, 0.29) is 23.7 Å². The summed E-state index contributed by atoms with van der Waals surface area (Å²) in [5.41, 5.74) is -3.86. The second-order valence-electron chi connectivity index (χ2n) is 11.0. The van der Waals surface area contributed by atoms with Crippen molar-refractivity contribution in [3.8, 4) is 6.07 Å². The van der Waals surface area contributed by atoms with Crippen LogP contribution in [0.2, 0.25) is 0 Å². The van der Waals surface area contributed by atoms with Gasteiger partial charge in [0.05, 0.1) is 12.1 Å². The van der Waals surface area contributed by atoms with E-state index in [0.717, 1.165) is 0 Å². The molecular formula is C26H22F7N7O. The minimum absolute atomic E-state index is 0.0421. The van der Waals surface area contributed by atoms with Crippen molar-refractivity contribution in [3.63, 3.8) is 0 Å². The van der Waals surface area contributed by atoms with E-state index < -0.39 is 46.7 Å². The van der Waals surface area contributed by atoms with Crippen molar-refractivity contribution in [1.29, 1.82) is 5.26 Å². The minimum atomic E-state index is -4.92. The molecule has 1 atom stereocenters. The van der Waals surface area contributed by atoms with E-state index in [1.807, 2.05) is 4.90 Å². The highest BCUT2D eigenvalue weighted by molar-refractivity contribution is 5.89. The van der Waals surface area contributed by atoms with Gasteiger partial charge in [-0.2, -0.15) is 41.2 Å². The normalized spacial score (nSPS) is 20.3. The topological polar surface area (TPSA) is 89.6 Å². The van der Waals surface area contributed by atoms with Crippen molar-refractivity contribution >= 4 is 17.4 Å². The molecule has 0 unspecified atom stereocenters. The van der Waals surface area contributed by atoms with Gasteiger partial charge in [-0.25, -0.2) is 9.37 Å². The molecule has 8 nitrogen and oxygen atoms in total. The molecule has 1 N–H and O–H groups in total. The number of hydrogen-bond acceptors (Lipinski definition) is 6. The van der Waals surface area contributed by atoms with Crippen LogP contribution in [0.15, 0.2) is 36.4 Å². The number of rotatable bonds is 6. The molecule has 4 heterocycles. The molecule has 216 valence electrons. The Morgan fingerprint density at radius 3 is 2.20 bits per heavy atom. The van der Waals surface area contributed by atoms with Gasteiger partial charge in [0.1, 0.15) is 17.1 Å². The van der Waals surface area contributed by atoms with Crippen LogP contribution >= 0.6 is 0 Å². The molecule has 1 aromatic carbocycles. The van der Waals surface area contributed by atoms with Gasteiger partial charge in [-0.3, -0.25) is 9.69 Å². The quantitative estimate of drug-likeness (QED) is 0.431. The Bertz CT molecular complexity index is 1540. The first-order valence-electron chi connectivity index (χ1n) is 12.7. The highest BCUT2D eigenvalue weighted by Gasteiger charge is 2.60. The first-order chi connectivity index (χ1) is 19.2. The van der Waals surface area contributed by atoms with Crippen LogP contribution in [-0.4, -0.2) is 63.0 Å². The van der Waals surface area contributed by atoms with Crippen molar-refractivity contribution in [2.24, 2.45) is 10.8 Å². The molecule has 0 bridgehead atoms. The summed E-state index contributed by atoms with van der Waals surface area (Å²) in [6.45, 7) is 1.96. The summed E-state index contributed by atoms with van der Waals surface area (Å²) < 4.78 is 94.7. The Labute approximate surface area is 228 Å². The fraction of sp³-hybridized carbons (Fsp3) is 0.462. The average molecular weight is 581 g/mol. The zero-order chi connectivity index (χ0) is 29.4. The molecule has 0 radical (unpaired) electrons. The first-order valence-corrected chi connectivity index (χ1v) is 12.7. The van der Waals surface area contributed by atoms with Gasteiger partial charge in [-0.1, -0.05) is 12.1 Å². The Morgan fingerprint density at radius 1 is 1.00 bits per heavy atom. The van der Waals surface area contributed by atoms with E-state index in [2.05, 4.69) is 21.5 Å². The maximum Gasteiger partial charge on any atom is 0.435 e. The summed E-state index contributed by atoms with van der Waals surface area (Å²) in [5, 5.41) is 15.5. The van der Waals surface area contributed by atoms with Crippen LogP contribution in [0.1, 0.15) is 35.8 Å². The smallest absolute Gasteiger partial charge is 0.368 e. The van der Waals surface area contributed by atoms with Crippen molar-refractivity contribution in [2.45, 2.75) is 31.2 Å². The highest BCUT2D eigenvalue weighted by atomic mass is 19.4. The average Bonchev–Trinajstić information content (AvgIpc) is 3.53. The van der Waals surface area contributed by atoms with E-state index in [0.29, 0.717) is 61.2 Å². The predicted molar refractivity (Wildman–Crippen MR) is 128 cm³/mol. The maximum atomic E-state index is 13.7. The molecule has 1 aliphatic carbocycles. The van der Waals surface area contributed by atoms with Crippen molar-refractivity contribution in [2.75, 3.05) is 38.0 Å². The van der Waals surface area contributed by atoms with Crippen LogP contribution in [0, 0.1) is 28.0 Å². The lowest BCUT2D eigenvalue weighted by atomic mass is 9.71. The van der Waals surface area contributed by atoms with Gasteiger partial charge < -0.3 is 10.2 Å². The van der Waals surface area contributed by atoms with Gasteiger partial charge in [0.2, 0.25) is 5.91 Å². The number of likely N-dealkylation sites (tertiary alicyclic amines) is 2. The Morgan fingerprint density at radius 2 is 1.63 bits per heavy atom. The number of carbonyl (C=O) groups is 1. The number of hydrogen-bond donors (Lipinski definition) is 1. The molecular weight excluding hydrogens is 559 g/mol. The number of carbonyl (C=O) groups excluding carboxylic acids is 1. The molecule has 2 saturated heterocycles. The maximum absolute atomic E-state index is 13.7. The van der Waals surface area contributed by atoms with Crippen molar-refractivity contribution in [3.05, 3.63) is 59.2 Å². The summed E-state index contributed by atoms with van der Waals surface area (Å²) in [7, 11) is 0. The Kier molecular flexibility index (Phi) is 6.01. The van der Waals surface area contributed by atoms with E-state index in [1.54, 1.807) is 4.90 Å². The number of fused-ring (bicyclic) bond motifs is 1. The summed E-state index contributed by atoms with van der Waals surface area (Å²) in [6.07, 6.45) is -8.71. The molecule has 1 amide bonds. The van der Waals surface area contributed by atoms with E-state index in [1.165, 1.54) is 24.3 Å². The third-order valence-electron chi connectivity index (χ3n) is 7.97. The Balaban J connectivity index is 1.23. The molecule has 1 spiro atoms. The number of benzene rings is 1. The zero-order valence-electron chi connectivity index (χ0n) is 21.2. The number of anilines is 1. The summed E-state index contributed by atoms with van der Waals surface area (Å²) in [4.78, 5) is 19.6. The lowest BCUT2D eigenvalue weighted by Gasteiger charge is -2.62. The van der Waals surface area contributed by atoms with E-state index >= 15 is 0 Å². The van der Waals surface area contributed by atoms with Crippen LogP contribution < -0.4 is 5.32 Å². The van der Waals surface area contributed by atoms with Crippen LogP contribution in [-0.2, 0) is 17.1 Å². The van der Waals surface area contributed by atoms with Gasteiger partial charge in [-0.15, -0.1) is 0 Å². The first kappa shape index (κ1) is 27.3. The molecule has 6 rings (SSSR count).